The van der Waals surface area contributed by atoms with E-state index >= 15 is 0 Å². The second-order valence-electron chi connectivity index (χ2n) is 8.42. The van der Waals surface area contributed by atoms with Gasteiger partial charge in [0.25, 0.3) is 5.91 Å². The van der Waals surface area contributed by atoms with Crippen molar-refractivity contribution in [1.82, 2.24) is 10.3 Å². The van der Waals surface area contributed by atoms with Gasteiger partial charge in [0.15, 0.2) is 0 Å². The van der Waals surface area contributed by atoms with Crippen LogP contribution < -0.4 is 10.6 Å². The minimum atomic E-state index is -0.00850. The Labute approximate surface area is 172 Å². The number of hydrogen-bond donors (Lipinski definition) is 2. The fraction of sp³-hybridized carbons (Fsp3) is 0.360. The Bertz CT molecular complexity index is 1020. The monoisotopic (exact) mass is 387 g/mol. The van der Waals surface area contributed by atoms with E-state index in [0.717, 1.165) is 23.0 Å². The minimum Gasteiger partial charge on any atom is -0.349 e. The number of nitrogens with one attached hydrogen (secondary N) is 2. The van der Waals surface area contributed by atoms with Gasteiger partial charge in [-0.2, -0.15) is 0 Å². The van der Waals surface area contributed by atoms with Gasteiger partial charge in [-0.15, -0.1) is 0 Å². The molecule has 29 heavy (non-hydrogen) atoms. The van der Waals surface area contributed by atoms with Crippen molar-refractivity contribution in [2.24, 2.45) is 5.92 Å². The van der Waals surface area contributed by atoms with E-state index in [-0.39, 0.29) is 11.9 Å². The van der Waals surface area contributed by atoms with Crippen LogP contribution in [0.3, 0.4) is 0 Å². The molecule has 4 rings (SSSR count). The summed E-state index contributed by atoms with van der Waals surface area (Å²) in [5.74, 6) is 1.20. The quantitative estimate of drug-likeness (QED) is 0.586. The number of aromatic nitrogens is 1. The smallest absolute Gasteiger partial charge is 0.252 e. The van der Waals surface area contributed by atoms with Crippen molar-refractivity contribution in [2.75, 3.05) is 5.32 Å². The van der Waals surface area contributed by atoms with E-state index in [2.05, 4.69) is 49.6 Å². The molecule has 1 saturated carbocycles. The van der Waals surface area contributed by atoms with E-state index in [1.165, 1.54) is 30.4 Å². The molecule has 1 amide bonds. The number of nitrogens with zero attached hydrogens (tertiary/aromatic N) is 1. The number of rotatable bonds is 4. The lowest BCUT2D eigenvalue weighted by molar-refractivity contribution is 0.0912. The molecule has 0 unspecified atom stereocenters. The van der Waals surface area contributed by atoms with Crippen LogP contribution in [-0.4, -0.2) is 16.9 Å². The standard InChI is InChI=1S/C25H29N3O/c1-16-12-17(2)14-19(13-16)26-24-15-21(20-9-5-7-11-23(20)27-24)25(29)28-22-10-6-4-8-18(22)3/h5,7,9,11-15,18,22H,4,6,8,10H2,1-3H3,(H,26,27)(H,28,29)/t18-,22-/m1/s1. The van der Waals surface area contributed by atoms with Crippen LogP contribution in [0, 0.1) is 19.8 Å². The molecule has 4 nitrogen and oxygen atoms in total. The first-order valence-electron chi connectivity index (χ1n) is 10.6. The number of benzene rings is 2. The summed E-state index contributed by atoms with van der Waals surface area (Å²) in [6.45, 7) is 6.40. The number of pyridine rings is 1. The summed E-state index contributed by atoms with van der Waals surface area (Å²) in [6, 6.07) is 16.3. The van der Waals surface area contributed by atoms with Gasteiger partial charge in [0.1, 0.15) is 5.82 Å². The zero-order valence-electron chi connectivity index (χ0n) is 17.5. The van der Waals surface area contributed by atoms with Crippen molar-refractivity contribution in [3.63, 3.8) is 0 Å². The number of fused-ring (bicyclic) bond motifs is 1. The lowest BCUT2D eigenvalue weighted by atomic mass is 9.86. The Kier molecular flexibility index (Phi) is 5.52. The largest absolute Gasteiger partial charge is 0.349 e. The molecule has 3 aromatic rings. The first-order chi connectivity index (χ1) is 14.0. The van der Waals surface area contributed by atoms with Crippen LogP contribution in [0.15, 0.2) is 48.5 Å². The van der Waals surface area contributed by atoms with Crippen molar-refractivity contribution < 1.29 is 4.79 Å². The topological polar surface area (TPSA) is 54.0 Å². The molecule has 0 spiro atoms. The molecule has 1 aromatic heterocycles. The maximum Gasteiger partial charge on any atom is 0.252 e. The van der Waals surface area contributed by atoms with Crippen LogP contribution in [0.5, 0.6) is 0 Å². The van der Waals surface area contributed by atoms with Crippen molar-refractivity contribution >= 4 is 28.3 Å². The average molecular weight is 388 g/mol. The van der Waals surface area contributed by atoms with Crippen LogP contribution in [0.25, 0.3) is 10.9 Å². The first kappa shape index (κ1) is 19.4. The van der Waals surface area contributed by atoms with Gasteiger partial charge in [-0.25, -0.2) is 4.98 Å². The van der Waals surface area contributed by atoms with Crippen LogP contribution in [0.1, 0.15) is 54.1 Å². The number of aryl methyl sites for hydroxylation is 2. The molecule has 150 valence electrons. The zero-order valence-corrected chi connectivity index (χ0v) is 17.5. The maximum absolute atomic E-state index is 13.2. The number of para-hydroxylation sites is 1. The summed E-state index contributed by atoms with van der Waals surface area (Å²) < 4.78 is 0. The SMILES string of the molecule is Cc1cc(C)cc(Nc2cc(C(=O)N[C@@H]3CCCC[C@H]3C)c3ccccc3n2)c1. The first-order valence-corrected chi connectivity index (χ1v) is 10.6. The van der Waals surface area contributed by atoms with Crippen LogP contribution >= 0.6 is 0 Å². The summed E-state index contributed by atoms with van der Waals surface area (Å²) >= 11 is 0. The van der Waals surface area contributed by atoms with Crippen molar-refractivity contribution in [3.05, 3.63) is 65.2 Å². The fourth-order valence-electron chi connectivity index (χ4n) is 4.40. The Hall–Kier alpha value is -2.88. The molecule has 0 bridgehead atoms. The van der Waals surface area contributed by atoms with Crippen molar-refractivity contribution in [1.29, 1.82) is 0 Å². The lowest BCUT2D eigenvalue weighted by Crippen LogP contribution is -2.41. The van der Waals surface area contributed by atoms with Crippen LogP contribution in [-0.2, 0) is 0 Å². The summed E-state index contributed by atoms with van der Waals surface area (Å²) in [6.07, 6.45) is 4.69. The van der Waals surface area contributed by atoms with Gasteiger partial charge < -0.3 is 10.6 Å². The highest BCUT2D eigenvalue weighted by Crippen LogP contribution is 2.27. The molecule has 4 heteroatoms. The molecule has 2 N–H and O–H groups in total. The molecule has 2 aromatic carbocycles. The summed E-state index contributed by atoms with van der Waals surface area (Å²) in [5.41, 5.74) is 4.87. The zero-order chi connectivity index (χ0) is 20.4. The van der Waals surface area contributed by atoms with Crippen LogP contribution in [0.2, 0.25) is 0 Å². The van der Waals surface area contributed by atoms with E-state index in [9.17, 15) is 4.79 Å². The second-order valence-corrected chi connectivity index (χ2v) is 8.42. The number of hydrogen-bond acceptors (Lipinski definition) is 3. The van der Waals surface area contributed by atoms with E-state index in [1.54, 1.807) is 0 Å². The van der Waals surface area contributed by atoms with Gasteiger partial charge in [0.2, 0.25) is 0 Å². The van der Waals surface area contributed by atoms with Gasteiger partial charge >= 0.3 is 0 Å². The predicted octanol–water partition coefficient (Wildman–Crippen LogP) is 5.90. The highest BCUT2D eigenvalue weighted by Gasteiger charge is 2.24. The van der Waals surface area contributed by atoms with E-state index in [0.29, 0.717) is 17.3 Å². The predicted molar refractivity (Wildman–Crippen MR) is 120 cm³/mol. The third kappa shape index (κ3) is 4.42. The average Bonchev–Trinajstić information content (AvgIpc) is 2.68. The molecule has 2 atom stereocenters. The van der Waals surface area contributed by atoms with Crippen molar-refractivity contribution in [3.8, 4) is 0 Å². The molecule has 0 saturated heterocycles. The molecular formula is C25H29N3O. The number of carbonyl (C=O) groups is 1. The van der Waals surface area contributed by atoms with Crippen LogP contribution in [0.4, 0.5) is 11.5 Å². The molecule has 1 aliphatic carbocycles. The number of anilines is 2. The minimum absolute atomic E-state index is 0.00850. The normalized spacial score (nSPS) is 19.1. The third-order valence-electron chi connectivity index (χ3n) is 5.88. The Morgan fingerprint density at radius 2 is 1.72 bits per heavy atom. The summed E-state index contributed by atoms with van der Waals surface area (Å²) in [5, 5.41) is 7.57. The molecule has 1 heterocycles. The molecule has 0 aliphatic heterocycles. The van der Waals surface area contributed by atoms with E-state index in [4.69, 9.17) is 4.98 Å². The summed E-state index contributed by atoms with van der Waals surface area (Å²) in [4.78, 5) is 18.0. The Balaban J connectivity index is 1.67. The summed E-state index contributed by atoms with van der Waals surface area (Å²) in [7, 11) is 0. The second kappa shape index (κ2) is 8.24. The third-order valence-corrected chi connectivity index (χ3v) is 5.88. The number of amides is 1. The van der Waals surface area contributed by atoms with Gasteiger partial charge in [-0.3, -0.25) is 4.79 Å². The Morgan fingerprint density at radius 1 is 1.00 bits per heavy atom. The van der Waals surface area contributed by atoms with E-state index in [1.807, 2.05) is 30.3 Å². The molecule has 1 fully saturated rings. The Morgan fingerprint density at radius 3 is 2.48 bits per heavy atom. The molecule has 0 radical (unpaired) electrons. The maximum atomic E-state index is 13.2. The van der Waals surface area contributed by atoms with Gasteiger partial charge in [-0.05, 0) is 68.0 Å². The van der Waals surface area contributed by atoms with Gasteiger partial charge in [0, 0.05) is 17.1 Å². The van der Waals surface area contributed by atoms with Gasteiger partial charge in [-0.1, -0.05) is 44.0 Å². The lowest BCUT2D eigenvalue weighted by Gasteiger charge is -2.29. The van der Waals surface area contributed by atoms with E-state index < -0.39 is 0 Å². The fourth-order valence-corrected chi connectivity index (χ4v) is 4.40. The number of carbonyl (C=O) groups excluding carboxylic acids is 1. The van der Waals surface area contributed by atoms with Crippen molar-refractivity contribution in [2.45, 2.75) is 52.5 Å². The molecule has 1 aliphatic rings. The highest BCUT2D eigenvalue weighted by molar-refractivity contribution is 6.07. The van der Waals surface area contributed by atoms with Gasteiger partial charge in [0.05, 0.1) is 11.1 Å². The highest BCUT2D eigenvalue weighted by atomic mass is 16.1. The molecular weight excluding hydrogens is 358 g/mol.